The third kappa shape index (κ3) is 5.33. The minimum absolute atomic E-state index is 0.120. The van der Waals surface area contributed by atoms with Gasteiger partial charge < -0.3 is 10.6 Å². The summed E-state index contributed by atoms with van der Waals surface area (Å²) in [5.41, 5.74) is 8.87. The molecule has 0 amide bonds. The van der Waals surface area contributed by atoms with Crippen LogP contribution in [0.3, 0.4) is 0 Å². The number of likely N-dealkylation sites (N-methyl/N-ethyl adjacent to an activating group) is 1. The van der Waals surface area contributed by atoms with Crippen molar-refractivity contribution in [1.29, 1.82) is 0 Å². The number of hydrogen-bond acceptors (Lipinski definition) is 2. The Balaban J connectivity index is 2.57. The average molecular weight is 262 g/mol. The first-order valence-corrected chi connectivity index (χ1v) is 7.65. The second kappa shape index (κ2) is 8.34. The van der Waals surface area contributed by atoms with Gasteiger partial charge in [-0.3, -0.25) is 0 Å². The Kier molecular flexibility index (Phi) is 7.11. The molecule has 0 aliphatic heterocycles. The highest BCUT2D eigenvalue weighted by Gasteiger charge is 2.14. The van der Waals surface area contributed by atoms with Crippen molar-refractivity contribution in [2.45, 2.75) is 46.6 Å². The Labute approximate surface area is 119 Å². The van der Waals surface area contributed by atoms with Gasteiger partial charge in [-0.05, 0) is 24.9 Å². The number of nitrogens with zero attached hydrogens (tertiary/aromatic N) is 1. The van der Waals surface area contributed by atoms with Crippen LogP contribution in [0.25, 0.3) is 0 Å². The van der Waals surface area contributed by atoms with E-state index in [-0.39, 0.29) is 6.04 Å². The molecule has 1 rings (SSSR count). The van der Waals surface area contributed by atoms with Crippen molar-refractivity contribution in [2.75, 3.05) is 19.6 Å². The van der Waals surface area contributed by atoms with Crippen LogP contribution in [0.2, 0.25) is 0 Å². The number of benzene rings is 1. The highest BCUT2D eigenvalue weighted by molar-refractivity contribution is 5.24. The molecule has 0 aromatic heterocycles. The molecule has 1 unspecified atom stereocenters. The maximum Gasteiger partial charge on any atom is 0.0424 e. The van der Waals surface area contributed by atoms with Gasteiger partial charge in [-0.2, -0.15) is 0 Å². The van der Waals surface area contributed by atoms with Gasteiger partial charge in [0.1, 0.15) is 0 Å². The van der Waals surface area contributed by atoms with Gasteiger partial charge in [0.25, 0.3) is 0 Å². The van der Waals surface area contributed by atoms with E-state index in [1.807, 2.05) is 0 Å². The van der Waals surface area contributed by atoms with Crippen LogP contribution in [0.1, 0.15) is 50.8 Å². The Morgan fingerprint density at radius 1 is 1.00 bits per heavy atom. The molecule has 2 nitrogen and oxygen atoms in total. The monoisotopic (exact) mass is 262 g/mol. The van der Waals surface area contributed by atoms with Gasteiger partial charge in [0.2, 0.25) is 0 Å². The van der Waals surface area contributed by atoms with Gasteiger partial charge in [-0.25, -0.2) is 0 Å². The minimum atomic E-state index is 0.120. The van der Waals surface area contributed by atoms with Gasteiger partial charge in [0, 0.05) is 19.1 Å². The molecule has 19 heavy (non-hydrogen) atoms. The molecule has 0 aliphatic rings. The van der Waals surface area contributed by atoms with Gasteiger partial charge >= 0.3 is 0 Å². The van der Waals surface area contributed by atoms with E-state index in [9.17, 15) is 0 Å². The Morgan fingerprint density at radius 2 is 1.58 bits per heavy atom. The van der Waals surface area contributed by atoms with Gasteiger partial charge in [-0.15, -0.1) is 0 Å². The lowest BCUT2D eigenvalue weighted by Gasteiger charge is -2.28. The first kappa shape index (κ1) is 16.2. The molecule has 0 aliphatic carbocycles. The molecule has 1 aromatic carbocycles. The molecule has 1 aromatic rings. The topological polar surface area (TPSA) is 29.3 Å². The maximum atomic E-state index is 6.34. The van der Waals surface area contributed by atoms with Crippen LogP contribution in [-0.4, -0.2) is 24.5 Å². The summed E-state index contributed by atoms with van der Waals surface area (Å²) in [7, 11) is 0. The van der Waals surface area contributed by atoms with Crippen LogP contribution in [0, 0.1) is 12.8 Å². The fourth-order valence-corrected chi connectivity index (χ4v) is 2.44. The summed E-state index contributed by atoms with van der Waals surface area (Å²) in [6, 6.07) is 8.73. The Bertz CT molecular complexity index is 341. The van der Waals surface area contributed by atoms with Gasteiger partial charge in [-0.1, -0.05) is 63.4 Å². The zero-order chi connectivity index (χ0) is 14.3. The lowest BCUT2D eigenvalue weighted by molar-refractivity contribution is 0.222. The van der Waals surface area contributed by atoms with E-state index in [0.717, 1.165) is 19.0 Å². The number of nitrogens with two attached hydrogens (primary N) is 1. The van der Waals surface area contributed by atoms with E-state index in [4.69, 9.17) is 5.73 Å². The van der Waals surface area contributed by atoms with Crippen molar-refractivity contribution < 1.29 is 0 Å². The molecule has 0 radical (unpaired) electrons. The van der Waals surface area contributed by atoms with Crippen LogP contribution in [0.15, 0.2) is 24.3 Å². The molecular formula is C17H30N2. The lowest BCUT2D eigenvalue weighted by Crippen LogP contribution is -2.35. The molecule has 0 spiro atoms. The second-order valence-corrected chi connectivity index (χ2v) is 5.55. The molecule has 2 heteroatoms. The van der Waals surface area contributed by atoms with Crippen LogP contribution in [-0.2, 0) is 0 Å². The Hall–Kier alpha value is -0.860. The molecule has 108 valence electrons. The molecule has 1 atom stereocenters. The van der Waals surface area contributed by atoms with E-state index in [1.165, 1.54) is 30.5 Å². The standard InChI is InChI=1S/C17H30N2/c1-5-15(6-2)12-19(7-3)13-17(18)16-10-8-14(4)9-11-16/h8-11,15,17H,5-7,12-13,18H2,1-4H3. The molecule has 0 saturated carbocycles. The highest BCUT2D eigenvalue weighted by Crippen LogP contribution is 2.15. The Morgan fingerprint density at radius 3 is 2.05 bits per heavy atom. The predicted molar refractivity (Wildman–Crippen MR) is 84.3 cm³/mol. The summed E-state index contributed by atoms with van der Waals surface area (Å²) >= 11 is 0. The third-order valence-electron chi connectivity index (χ3n) is 4.08. The van der Waals surface area contributed by atoms with Crippen LogP contribution < -0.4 is 5.73 Å². The molecule has 0 heterocycles. The van der Waals surface area contributed by atoms with E-state index >= 15 is 0 Å². The third-order valence-corrected chi connectivity index (χ3v) is 4.08. The van der Waals surface area contributed by atoms with E-state index < -0.39 is 0 Å². The first-order valence-electron chi connectivity index (χ1n) is 7.65. The van der Waals surface area contributed by atoms with Gasteiger partial charge in [0.15, 0.2) is 0 Å². The van der Waals surface area contributed by atoms with Gasteiger partial charge in [0.05, 0.1) is 0 Å². The smallest absolute Gasteiger partial charge is 0.0424 e. The van der Waals surface area contributed by atoms with Crippen molar-refractivity contribution in [2.24, 2.45) is 11.7 Å². The van der Waals surface area contributed by atoms with Crippen LogP contribution in [0.5, 0.6) is 0 Å². The van der Waals surface area contributed by atoms with Crippen molar-refractivity contribution >= 4 is 0 Å². The van der Waals surface area contributed by atoms with Crippen molar-refractivity contribution in [1.82, 2.24) is 4.90 Å². The molecule has 2 N–H and O–H groups in total. The number of rotatable bonds is 8. The average Bonchev–Trinajstić information content (AvgIpc) is 2.43. The van der Waals surface area contributed by atoms with Crippen molar-refractivity contribution in [3.63, 3.8) is 0 Å². The summed E-state index contributed by atoms with van der Waals surface area (Å²) < 4.78 is 0. The molecule has 0 saturated heterocycles. The summed E-state index contributed by atoms with van der Waals surface area (Å²) in [5, 5.41) is 0. The summed E-state index contributed by atoms with van der Waals surface area (Å²) in [6.07, 6.45) is 2.51. The second-order valence-electron chi connectivity index (χ2n) is 5.55. The number of hydrogen-bond donors (Lipinski definition) is 1. The normalized spacial score (nSPS) is 13.2. The largest absolute Gasteiger partial charge is 0.323 e. The van der Waals surface area contributed by atoms with Crippen molar-refractivity contribution in [3.05, 3.63) is 35.4 Å². The number of aryl methyl sites for hydroxylation is 1. The maximum absolute atomic E-state index is 6.34. The highest BCUT2D eigenvalue weighted by atomic mass is 15.1. The van der Waals surface area contributed by atoms with E-state index in [0.29, 0.717) is 0 Å². The van der Waals surface area contributed by atoms with Crippen LogP contribution in [0.4, 0.5) is 0 Å². The van der Waals surface area contributed by atoms with Crippen LogP contribution >= 0.6 is 0 Å². The molecule has 0 fully saturated rings. The molecular weight excluding hydrogens is 232 g/mol. The summed E-state index contributed by atoms with van der Waals surface area (Å²) in [6.45, 7) is 12.1. The predicted octanol–water partition coefficient (Wildman–Crippen LogP) is 3.75. The van der Waals surface area contributed by atoms with Crippen molar-refractivity contribution in [3.8, 4) is 0 Å². The minimum Gasteiger partial charge on any atom is -0.323 e. The molecule has 0 bridgehead atoms. The SMILES string of the molecule is CCC(CC)CN(CC)CC(N)c1ccc(C)cc1. The zero-order valence-electron chi connectivity index (χ0n) is 13.0. The first-order chi connectivity index (χ1) is 9.10. The fourth-order valence-electron chi connectivity index (χ4n) is 2.44. The fraction of sp³-hybridized carbons (Fsp3) is 0.647. The zero-order valence-corrected chi connectivity index (χ0v) is 13.0. The quantitative estimate of drug-likeness (QED) is 0.773. The van der Waals surface area contributed by atoms with E-state index in [1.54, 1.807) is 0 Å². The summed E-state index contributed by atoms with van der Waals surface area (Å²) in [4.78, 5) is 2.49. The lowest BCUT2D eigenvalue weighted by atomic mass is 10.0. The summed E-state index contributed by atoms with van der Waals surface area (Å²) in [5.74, 6) is 0.796. The van der Waals surface area contributed by atoms with E-state index in [2.05, 4.69) is 56.9 Å².